The fourth-order valence-electron chi connectivity index (χ4n) is 3.08. The molecular weight excluding hydrogens is 420 g/mol. The molecule has 156 valence electrons. The summed E-state index contributed by atoms with van der Waals surface area (Å²) in [6, 6.07) is 20.5. The van der Waals surface area contributed by atoms with Gasteiger partial charge in [0, 0.05) is 10.6 Å². The van der Waals surface area contributed by atoms with Crippen LogP contribution in [0.5, 0.6) is 0 Å². The molecule has 0 fully saturated rings. The molecule has 0 spiro atoms. The molecule has 0 aliphatic heterocycles. The van der Waals surface area contributed by atoms with Crippen molar-refractivity contribution in [2.75, 3.05) is 4.72 Å². The lowest BCUT2D eigenvalue weighted by Gasteiger charge is -2.18. The Morgan fingerprint density at radius 1 is 1.00 bits per heavy atom. The summed E-state index contributed by atoms with van der Waals surface area (Å²) in [5.41, 5.74) is 2.57. The van der Waals surface area contributed by atoms with Crippen molar-refractivity contribution < 1.29 is 13.2 Å². The van der Waals surface area contributed by atoms with Crippen molar-refractivity contribution in [1.29, 1.82) is 0 Å². The fraction of sp³-hybridized carbons (Fsp3) is 0.174. The van der Waals surface area contributed by atoms with Crippen molar-refractivity contribution in [1.82, 2.24) is 5.32 Å². The normalized spacial score (nSPS) is 12.2. The highest BCUT2D eigenvalue weighted by atomic mass is 35.5. The Morgan fingerprint density at radius 3 is 2.27 bits per heavy atom. The second-order valence-corrected chi connectivity index (χ2v) is 9.05. The number of aryl methyl sites for hydroxylation is 1. The third kappa shape index (κ3) is 5.20. The largest absolute Gasteiger partial charge is 0.345 e. The predicted octanol–water partition coefficient (Wildman–Crippen LogP) is 5.33. The zero-order valence-electron chi connectivity index (χ0n) is 16.7. The second kappa shape index (κ2) is 9.32. The van der Waals surface area contributed by atoms with Crippen LogP contribution < -0.4 is 10.0 Å². The molecule has 0 bridgehead atoms. The van der Waals surface area contributed by atoms with Gasteiger partial charge in [-0.3, -0.25) is 9.52 Å². The number of rotatable bonds is 7. The van der Waals surface area contributed by atoms with Gasteiger partial charge in [-0.15, -0.1) is 0 Å². The van der Waals surface area contributed by atoms with Crippen LogP contribution in [-0.4, -0.2) is 14.3 Å². The van der Waals surface area contributed by atoms with E-state index < -0.39 is 10.0 Å². The molecule has 0 saturated heterocycles. The van der Waals surface area contributed by atoms with Crippen LogP contribution in [0.4, 0.5) is 5.69 Å². The average Bonchev–Trinajstić information content (AvgIpc) is 2.74. The highest BCUT2D eigenvalue weighted by molar-refractivity contribution is 7.92. The van der Waals surface area contributed by atoms with Gasteiger partial charge in [-0.25, -0.2) is 8.42 Å². The summed E-state index contributed by atoms with van der Waals surface area (Å²) < 4.78 is 27.7. The van der Waals surface area contributed by atoms with Gasteiger partial charge in [-0.2, -0.15) is 0 Å². The van der Waals surface area contributed by atoms with E-state index in [0.29, 0.717) is 21.8 Å². The molecule has 0 heterocycles. The molecule has 30 heavy (non-hydrogen) atoms. The summed E-state index contributed by atoms with van der Waals surface area (Å²) in [5, 5.41) is 3.49. The van der Waals surface area contributed by atoms with E-state index in [1.165, 1.54) is 24.3 Å². The fourth-order valence-corrected chi connectivity index (χ4v) is 4.34. The summed E-state index contributed by atoms with van der Waals surface area (Å²) in [6.07, 6.45) is 0.758. The quantitative estimate of drug-likeness (QED) is 0.519. The number of anilines is 1. The number of amides is 1. The summed E-state index contributed by atoms with van der Waals surface area (Å²) in [6.45, 7) is 3.77. The zero-order chi connectivity index (χ0) is 21.7. The number of carbonyl (C=O) groups is 1. The van der Waals surface area contributed by atoms with Crippen LogP contribution in [0.2, 0.25) is 5.02 Å². The van der Waals surface area contributed by atoms with Crippen LogP contribution in [-0.2, 0) is 10.0 Å². The van der Waals surface area contributed by atoms with Crippen molar-refractivity contribution in [3.05, 3.63) is 94.5 Å². The first kappa shape index (κ1) is 21.9. The van der Waals surface area contributed by atoms with E-state index >= 15 is 0 Å². The monoisotopic (exact) mass is 442 g/mol. The third-order valence-corrected chi connectivity index (χ3v) is 6.41. The average molecular weight is 443 g/mol. The molecule has 0 aromatic heterocycles. The summed E-state index contributed by atoms with van der Waals surface area (Å²) in [5.74, 6) is -0.207. The summed E-state index contributed by atoms with van der Waals surface area (Å²) in [7, 11) is -3.75. The Balaban J connectivity index is 1.76. The third-order valence-electron chi connectivity index (χ3n) is 4.77. The number of halogens is 1. The van der Waals surface area contributed by atoms with Gasteiger partial charge in [0.1, 0.15) is 0 Å². The first-order valence-corrected chi connectivity index (χ1v) is 11.4. The van der Waals surface area contributed by atoms with Crippen molar-refractivity contribution >= 4 is 33.2 Å². The molecule has 1 amide bonds. The van der Waals surface area contributed by atoms with E-state index in [4.69, 9.17) is 11.6 Å². The van der Waals surface area contributed by atoms with Crippen LogP contribution in [0, 0.1) is 6.92 Å². The van der Waals surface area contributed by atoms with Gasteiger partial charge >= 0.3 is 0 Å². The lowest BCUT2D eigenvalue weighted by molar-refractivity contribution is 0.0935. The minimum absolute atomic E-state index is 0.0953. The maximum atomic E-state index is 12.7. The Bertz CT molecular complexity index is 1130. The number of hydrogen-bond donors (Lipinski definition) is 2. The molecule has 1 atom stereocenters. The van der Waals surface area contributed by atoms with Crippen molar-refractivity contribution in [2.45, 2.75) is 31.2 Å². The van der Waals surface area contributed by atoms with Gasteiger partial charge in [0.15, 0.2) is 0 Å². The molecule has 5 nitrogen and oxygen atoms in total. The zero-order valence-corrected chi connectivity index (χ0v) is 18.3. The number of carbonyl (C=O) groups excluding carboxylic acids is 1. The van der Waals surface area contributed by atoms with E-state index in [1.807, 2.05) is 37.3 Å². The Hall–Kier alpha value is -2.83. The highest BCUT2D eigenvalue weighted by Gasteiger charge is 2.18. The van der Waals surface area contributed by atoms with Gasteiger partial charge in [0.2, 0.25) is 0 Å². The van der Waals surface area contributed by atoms with Crippen molar-refractivity contribution in [2.24, 2.45) is 0 Å². The molecule has 1 unspecified atom stereocenters. The minimum Gasteiger partial charge on any atom is -0.345 e. The van der Waals surface area contributed by atoms with Crippen molar-refractivity contribution in [3.63, 3.8) is 0 Å². The first-order valence-electron chi connectivity index (χ1n) is 9.55. The maximum absolute atomic E-state index is 12.7. The standard InChI is InChI=1S/C23H23ClN2O3S/c1-3-21(17-7-5-4-6-8-17)25-23(27)18-9-14-22(16(2)15-18)26-30(28,29)20-12-10-19(24)11-13-20/h4-15,21,26H,3H2,1-2H3,(H,25,27). The van der Waals surface area contributed by atoms with Gasteiger partial charge in [0.05, 0.1) is 16.6 Å². The molecule has 2 N–H and O–H groups in total. The highest BCUT2D eigenvalue weighted by Crippen LogP contribution is 2.23. The molecule has 3 rings (SSSR count). The molecule has 0 aliphatic carbocycles. The maximum Gasteiger partial charge on any atom is 0.261 e. The van der Waals surface area contributed by atoms with Gasteiger partial charge in [-0.05, 0) is 66.9 Å². The van der Waals surface area contributed by atoms with E-state index in [2.05, 4.69) is 10.0 Å². The Labute approximate surface area is 182 Å². The van der Waals surface area contributed by atoms with E-state index in [9.17, 15) is 13.2 Å². The Kier molecular flexibility index (Phi) is 6.80. The van der Waals surface area contributed by atoms with Crippen molar-refractivity contribution in [3.8, 4) is 0 Å². The van der Waals surface area contributed by atoms with Crippen LogP contribution in [0.3, 0.4) is 0 Å². The van der Waals surface area contributed by atoms with Crippen LogP contribution in [0.15, 0.2) is 77.7 Å². The molecule has 3 aromatic rings. The van der Waals surface area contributed by atoms with E-state index in [-0.39, 0.29) is 16.8 Å². The summed E-state index contributed by atoms with van der Waals surface area (Å²) in [4.78, 5) is 12.8. The molecule has 7 heteroatoms. The summed E-state index contributed by atoms with van der Waals surface area (Å²) >= 11 is 5.83. The lowest BCUT2D eigenvalue weighted by atomic mass is 10.0. The van der Waals surface area contributed by atoms with E-state index in [1.54, 1.807) is 25.1 Å². The number of hydrogen-bond acceptors (Lipinski definition) is 3. The predicted molar refractivity (Wildman–Crippen MR) is 120 cm³/mol. The number of sulfonamides is 1. The van der Waals surface area contributed by atoms with Crippen LogP contribution in [0.25, 0.3) is 0 Å². The first-order chi connectivity index (χ1) is 14.3. The minimum atomic E-state index is -3.75. The van der Waals surface area contributed by atoms with Crippen LogP contribution in [0.1, 0.15) is 40.9 Å². The Morgan fingerprint density at radius 2 is 1.67 bits per heavy atom. The number of nitrogens with one attached hydrogen (secondary N) is 2. The van der Waals surface area contributed by atoms with Gasteiger partial charge < -0.3 is 5.32 Å². The smallest absolute Gasteiger partial charge is 0.261 e. The molecular formula is C23H23ClN2O3S. The lowest BCUT2D eigenvalue weighted by Crippen LogP contribution is -2.28. The molecule has 3 aromatic carbocycles. The molecule has 0 saturated carbocycles. The second-order valence-electron chi connectivity index (χ2n) is 6.93. The van der Waals surface area contributed by atoms with Gasteiger partial charge in [0.25, 0.3) is 15.9 Å². The SMILES string of the molecule is CCC(NC(=O)c1ccc(NS(=O)(=O)c2ccc(Cl)cc2)c(C)c1)c1ccccc1. The molecule has 0 radical (unpaired) electrons. The molecule has 0 aliphatic rings. The van der Waals surface area contributed by atoms with E-state index in [0.717, 1.165) is 12.0 Å². The van der Waals surface area contributed by atoms with Crippen LogP contribution >= 0.6 is 11.6 Å². The van der Waals surface area contributed by atoms with Gasteiger partial charge in [-0.1, -0.05) is 48.9 Å². The number of benzene rings is 3. The topological polar surface area (TPSA) is 75.3 Å².